The normalized spacial score (nSPS) is 14.9. The van der Waals surface area contributed by atoms with E-state index in [1.165, 1.54) is 4.68 Å². The third kappa shape index (κ3) is 5.77. The smallest absolute Gasteiger partial charge is 0.270 e. The number of ether oxygens (including phenoxy) is 2. The Morgan fingerprint density at radius 2 is 1.85 bits per heavy atom. The molecule has 34 heavy (non-hydrogen) atoms. The zero-order valence-electron chi connectivity index (χ0n) is 19.0. The van der Waals surface area contributed by atoms with E-state index in [2.05, 4.69) is 10.4 Å². The molecule has 1 aromatic heterocycles. The van der Waals surface area contributed by atoms with Crippen molar-refractivity contribution in [1.82, 2.24) is 15.1 Å². The molecule has 1 aliphatic heterocycles. The molecule has 1 amide bonds. The van der Waals surface area contributed by atoms with Gasteiger partial charge < -0.3 is 14.8 Å². The zero-order chi connectivity index (χ0) is 23.9. The van der Waals surface area contributed by atoms with E-state index >= 15 is 0 Å². The highest BCUT2D eigenvalue weighted by Gasteiger charge is 2.24. The first-order chi connectivity index (χ1) is 16.5. The first-order valence-corrected chi connectivity index (χ1v) is 11.3. The lowest BCUT2D eigenvalue weighted by Crippen LogP contribution is -2.43. The highest BCUT2D eigenvalue weighted by atomic mass is 16.5. The minimum absolute atomic E-state index is 0.129. The van der Waals surface area contributed by atoms with Crippen LogP contribution in [-0.2, 0) is 20.7 Å². The maximum absolute atomic E-state index is 13.1. The summed E-state index contributed by atoms with van der Waals surface area (Å²) in [7, 11) is 0. The summed E-state index contributed by atoms with van der Waals surface area (Å²) >= 11 is 0. The van der Waals surface area contributed by atoms with Crippen LogP contribution in [0.15, 0.2) is 60.7 Å². The Balaban J connectivity index is 1.50. The molecule has 8 heteroatoms. The molecule has 0 bridgehead atoms. The maximum Gasteiger partial charge on any atom is 0.270 e. The Hall–Kier alpha value is -3.78. The molecule has 1 N–H and O–H groups in total. The summed E-state index contributed by atoms with van der Waals surface area (Å²) < 4.78 is 12.9. The lowest BCUT2D eigenvalue weighted by Gasteiger charge is -2.23. The maximum atomic E-state index is 13.1. The summed E-state index contributed by atoms with van der Waals surface area (Å²) in [5.74, 6) is -0.432. The number of amides is 1. The van der Waals surface area contributed by atoms with Crippen LogP contribution in [0, 0.1) is 6.92 Å². The number of ketones is 1. The molecule has 0 saturated carbocycles. The van der Waals surface area contributed by atoms with Crippen LogP contribution in [-0.4, -0.2) is 53.1 Å². The number of carbonyl (C=O) groups excluding carboxylic acids is 3. The predicted octanol–water partition coefficient (Wildman–Crippen LogP) is 2.85. The summed E-state index contributed by atoms with van der Waals surface area (Å²) in [4.78, 5) is 36.5. The van der Waals surface area contributed by atoms with Crippen molar-refractivity contribution in [1.29, 1.82) is 0 Å². The van der Waals surface area contributed by atoms with Gasteiger partial charge in [-0.1, -0.05) is 30.3 Å². The van der Waals surface area contributed by atoms with Gasteiger partial charge in [0.05, 0.1) is 30.6 Å². The average molecular weight is 462 g/mol. The third-order valence-electron chi connectivity index (χ3n) is 5.66. The van der Waals surface area contributed by atoms with Gasteiger partial charge in [0.25, 0.3) is 5.91 Å². The fourth-order valence-corrected chi connectivity index (χ4v) is 3.90. The number of carbonyl (C=O) groups is 3. The van der Waals surface area contributed by atoms with Crippen molar-refractivity contribution in [2.75, 3.05) is 13.2 Å². The lowest BCUT2D eigenvalue weighted by atomic mass is 10.0. The number of hydrogen-bond acceptors (Lipinski definition) is 6. The molecule has 1 fully saturated rings. The van der Waals surface area contributed by atoms with Gasteiger partial charge in [0, 0.05) is 19.3 Å². The van der Waals surface area contributed by atoms with Crippen LogP contribution in [0.5, 0.6) is 5.75 Å². The van der Waals surface area contributed by atoms with Gasteiger partial charge in [-0.05, 0) is 42.8 Å². The topological polar surface area (TPSA) is 99.5 Å². The number of aromatic nitrogens is 2. The minimum Gasteiger partial charge on any atom is -0.490 e. The summed E-state index contributed by atoms with van der Waals surface area (Å²) in [6, 6.07) is 17.3. The number of aryl methyl sites for hydroxylation is 1. The fraction of sp³-hybridized carbons (Fsp3) is 0.308. The second-order valence-electron chi connectivity index (χ2n) is 8.24. The number of benzene rings is 2. The number of nitrogens with one attached hydrogen (secondary N) is 1. The molecule has 1 saturated heterocycles. The Labute approximate surface area is 197 Å². The van der Waals surface area contributed by atoms with Gasteiger partial charge in [-0.2, -0.15) is 5.10 Å². The molecule has 1 aliphatic rings. The zero-order valence-corrected chi connectivity index (χ0v) is 19.0. The number of aldehydes is 1. The van der Waals surface area contributed by atoms with Crippen molar-refractivity contribution in [2.45, 2.75) is 38.3 Å². The molecule has 2 heterocycles. The SMILES string of the molecule is Cc1cc(C(=O)NC(Cc2ccccc2)C(=O)C=O)n(-c2ccc(OC3CCOCC3)cc2)n1. The summed E-state index contributed by atoms with van der Waals surface area (Å²) in [5, 5.41) is 7.15. The highest BCUT2D eigenvalue weighted by molar-refractivity contribution is 6.28. The Morgan fingerprint density at radius 3 is 2.53 bits per heavy atom. The predicted molar refractivity (Wildman–Crippen MR) is 125 cm³/mol. The van der Waals surface area contributed by atoms with Crippen molar-refractivity contribution < 1.29 is 23.9 Å². The minimum atomic E-state index is -0.966. The van der Waals surface area contributed by atoms with E-state index in [0.29, 0.717) is 24.6 Å². The van der Waals surface area contributed by atoms with Crippen LogP contribution >= 0.6 is 0 Å². The lowest BCUT2D eigenvalue weighted by molar-refractivity contribution is -0.131. The van der Waals surface area contributed by atoms with Crippen molar-refractivity contribution in [3.05, 3.63) is 77.6 Å². The summed E-state index contributed by atoms with van der Waals surface area (Å²) in [6.07, 6.45) is 2.30. The van der Waals surface area contributed by atoms with Crippen molar-refractivity contribution in [2.24, 2.45) is 0 Å². The van der Waals surface area contributed by atoms with Gasteiger partial charge >= 0.3 is 0 Å². The summed E-state index contributed by atoms with van der Waals surface area (Å²) in [5.41, 5.74) is 2.44. The van der Waals surface area contributed by atoms with Gasteiger partial charge in [-0.25, -0.2) is 4.68 Å². The molecule has 1 unspecified atom stereocenters. The molecule has 0 aliphatic carbocycles. The van der Waals surface area contributed by atoms with E-state index < -0.39 is 17.7 Å². The molecule has 0 radical (unpaired) electrons. The van der Waals surface area contributed by atoms with E-state index in [0.717, 1.165) is 24.2 Å². The fourth-order valence-electron chi connectivity index (χ4n) is 3.90. The van der Waals surface area contributed by atoms with Crippen molar-refractivity contribution >= 4 is 18.0 Å². The van der Waals surface area contributed by atoms with E-state index in [1.54, 1.807) is 13.0 Å². The summed E-state index contributed by atoms with van der Waals surface area (Å²) in [6.45, 7) is 3.19. The quantitative estimate of drug-likeness (QED) is 0.389. The van der Waals surface area contributed by atoms with Crippen molar-refractivity contribution in [3.63, 3.8) is 0 Å². The molecule has 0 spiro atoms. The van der Waals surface area contributed by atoms with Crippen LogP contribution in [0.2, 0.25) is 0 Å². The van der Waals surface area contributed by atoms with Crippen LogP contribution in [0.3, 0.4) is 0 Å². The first-order valence-electron chi connectivity index (χ1n) is 11.3. The molecule has 1 atom stereocenters. The van der Waals surface area contributed by atoms with Crippen LogP contribution in [0.1, 0.15) is 34.6 Å². The van der Waals surface area contributed by atoms with Gasteiger partial charge in [0.2, 0.25) is 5.78 Å². The molecular formula is C26H27N3O5. The second kappa shape index (κ2) is 10.9. The Kier molecular flexibility index (Phi) is 7.49. The largest absolute Gasteiger partial charge is 0.490 e. The molecule has 4 rings (SSSR count). The van der Waals surface area contributed by atoms with Gasteiger partial charge in [-0.15, -0.1) is 0 Å². The van der Waals surface area contributed by atoms with Gasteiger partial charge in [0.15, 0.2) is 6.29 Å². The van der Waals surface area contributed by atoms with Crippen LogP contribution < -0.4 is 10.1 Å². The number of nitrogens with zero attached hydrogens (tertiary/aromatic N) is 2. The molecular weight excluding hydrogens is 434 g/mol. The highest BCUT2D eigenvalue weighted by Crippen LogP contribution is 2.21. The number of rotatable bonds is 9. The monoisotopic (exact) mass is 461 g/mol. The Morgan fingerprint density at radius 1 is 1.15 bits per heavy atom. The molecule has 2 aromatic carbocycles. The Bertz CT molecular complexity index is 1140. The van der Waals surface area contributed by atoms with Crippen molar-refractivity contribution in [3.8, 4) is 11.4 Å². The van der Waals surface area contributed by atoms with Gasteiger partial charge in [-0.3, -0.25) is 14.4 Å². The molecule has 176 valence electrons. The first kappa shape index (κ1) is 23.4. The standard InChI is InChI=1S/C26H27N3O5/c1-18-15-24(26(32)27-23(25(31)17-30)16-19-5-3-2-4-6-19)29(28-18)20-7-9-21(10-8-20)34-22-11-13-33-14-12-22/h2-10,15,17,22-23H,11-14,16H2,1H3,(H,27,32). The third-order valence-corrected chi connectivity index (χ3v) is 5.66. The number of hydrogen-bond donors (Lipinski definition) is 1. The van der Waals surface area contributed by atoms with Gasteiger partial charge in [0.1, 0.15) is 17.5 Å². The molecule has 8 nitrogen and oxygen atoms in total. The average Bonchev–Trinajstić information content (AvgIpc) is 3.26. The van der Waals surface area contributed by atoms with Crippen LogP contribution in [0.25, 0.3) is 5.69 Å². The van der Waals surface area contributed by atoms with E-state index in [9.17, 15) is 14.4 Å². The van der Waals surface area contributed by atoms with E-state index in [1.807, 2.05) is 54.6 Å². The van der Waals surface area contributed by atoms with E-state index in [-0.39, 0.29) is 24.5 Å². The number of Topliss-reactive ketones (excluding diaryl/α,β-unsaturated/α-hetero) is 1. The van der Waals surface area contributed by atoms with Crippen LogP contribution in [0.4, 0.5) is 0 Å². The molecule has 3 aromatic rings. The second-order valence-corrected chi connectivity index (χ2v) is 8.24. The van der Waals surface area contributed by atoms with E-state index in [4.69, 9.17) is 9.47 Å².